The summed E-state index contributed by atoms with van der Waals surface area (Å²) in [5.74, 6) is 0. The van der Waals surface area contributed by atoms with E-state index in [1.54, 1.807) is 6.20 Å². The van der Waals surface area contributed by atoms with Gasteiger partial charge in [0.15, 0.2) is 0 Å². The maximum absolute atomic E-state index is 5.54. The van der Waals surface area contributed by atoms with Crippen LogP contribution in [0.4, 0.5) is 5.69 Å². The molecule has 0 aliphatic carbocycles. The van der Waals surface area contributed by atoms with Crippen LogP contribution in [0.3, 0.4) is 0 Å². The number of allylic oxidation sites excluding steroid dienone is 1. The molecule has 0 fully saturated rings. The second kappa shape index (κ2) is 2.47. The monoisotopic (exact) mass is 135 g/mol. The molecule has 3 heteroatoms. The molecule has 0 saturated heterocycles. The molecule has 0 radical (unpaired) electrons. The number of aromatic nitrogens is 2. The van der Waals surface area contributed by atoms with Gasteiger partial charge in [0.2, 0.25) is 0 Å². The minimum absolute atomic E-state index is 0.579. The number of rotatable bonds is 1. The van der Waals surface area contributed by atoms with Crippen molar-refractivity contribution in [3.63, 3.8) is 0 Å². The lowest BCUT2D eigenvalue weighted by atomic mass is 10.2. The predicted molar refractivity (Wildman–Crippen MR) is 41.2 cm³/mol. The van der Waals surface area contributed by atoms with E-state index in [9.17, 15) is 0 Å². The summed E-state index contributed by atoms with van der Waals surface area (Å²) in [5.41, 5.74) is 7.71. The van der Waals surface area contributed by atoms with Crippen LogP contribution in [0, 0.1) is 0 Å². The van der Waals surface area contributed by atoms with Crippen molar-refractivity contribution in [3.05, 3.63) is 24.8 Å². The highest BCUT2D eigenvalue weighted by atomic mass is 14.9. The van der Waals surface area contributed by atoms with Gasteiger partial charge in [-0.1, -0.05) is 6.58 Å². The van der Waals surface area contributed by atoms with Crippen molar-refractivity contribution in [2.45, 2.75) is 6.92 Å². The van der Waals surface area contributed by atoms with Crippen molar-refractivity contribution in [2.24, 2.45) is 0 Å². The van der Waals surface area contributed by atoms with E-state index >= 15 is 0 Å². The van der Waals surface area contributed by atoms with Gasteiger partial charge in [-0.05, 0) is 12.5 Å². The molecule has 0 unspecified atom stereocenters. The molecule has 52 valence electrons. The molecule has 1 heterocycles. The SMILES string of the molecule is C=C(C)c1ncncc1N. The van der Waals surface area contributed by atoms with Crippen molar-refractivity contribution < 1.29 is 0 Å². The van der Waals surface area contributed by atoms with Crippen molar-refractivity contribution in [3.8, 4) is 0 Å². The second-order valence-corrected chi connectivity index (χ2v) is 2.11. The smallest absolute Gasteiger partial charge is 0.116 e. The molecular weight excluding hydrogens is 126 g/mol. The molecule has 0 spiro atoms. The third-order valence-electron chi connectivity index (χ3n) is 1.14. The molecule has 0 atom stereocenters. The van der Waals surface area contributed by atoms with Crippen LogP contribution in [-0.2, 0) is 0 Å². The summed E-state index contributed by atoms with van der Waals surface area (Å²) in [5, 5.41) is 0. The number of nitrogens with two attached hydrogens (primary N) is 1. The Morgan fingerprint density at radius 1 is 1.70 bits per heavy atom. The largest absolute Gasteiger partial charge is 0.396 e. The van der Waals surface area contributed by atoms with E-state index in [4.69, 9.17) is 5.73 Å². The fraction of sp³-hybridized carbons (Fsp3) is 0.143. The molecule has 0 aliphatic rings. The average Bonchev–Trinajstić information content (AvgIpc) is 1.88. The minimum atomic E-state index is 0.579. The summed E-state index contributed by atoms with van der Waals surface area (Å²) >= 11 is 0. The lowest BCUT2D eigenvalue weighted by molar-refractivity contribution is 1.15. The summed E-state index contributed by atoms with van der Waals surface area (Å²) in [7, 11) is 0. The summed E-state index contributed by atoms with van der Waals surface area (Å²) in [6, 6.07) is 0. The zero-order chi connectivity index (χ0) is 7.56. The molecule has 1 aromatic heterocycles. The van der Waals surface area contributed by atoms with Gasteiger partial charge in [0, 0.05) is 0 Å². The average molecular weight is 135 g/mol. The van der Waals surface area contributed by atoms with E-state index in [1.807, 2.05) is 6.92 Å². The van der Waals surface area contributed by atoms with Gasteiger partial charge in [0.1, 0.15) is 6.33 Å². The number of nitrogen functional groups attached to an aromatic ring is 1. The van der Waals surface area contributed by atoms with Gasteiger partial charge in [-0.2, -0.15) is 0 Å². The first kappa shape index (κ1) is 6.74. The van der Waals surface area contributed by atoms with Gasteiger partial charge in [-0.15, -0.1) is 0 Å². The van der Waals surface area contributed by atoms with E-state index < -0.39 is 0 Å². The molecule has 0 amide bonds. The Hall–Kier alpha value is -1.38. The number of nitrogens with zero attached hydrogens (tertiary/aromatic N) is 2. The van der Waals surface area contributed by atoms with Crippen molar-refractivity contribution in [1.82, 2.24) is 9.97 Å². The Labute approximate surface area is 59.6 Å². The molecule has 1 aromatic rings. The zero-order valence-corrected chi connectivity index (χ0v) is 5.83. The fourth-order valence-corrected chi connectivity index (χ4v) is 0.697. The van der Waals surface area contributed by atoms with Crippen LogP contribution in [0.15, 0.2) is 19.1 Å². The van der Waals surface area contributed by atoms with Crippen LogP contribution in [-0.4, -0.2) is 9.97 Å². The highest BCUT2D eigenvalue weighted by Crippen LogP contribution is 2.13. The second-order valence-electron chi connectivity index (χ2n) is 2.11. The van der Waals surface area contributed by atoms with Crippen molar-refractivity contribution in [2.75, 3.05) is 5.73 Å². The number of anilines is 1. The van der Waals surface area contributed by atoms with Crippen molar-refractivity contribution >= 4 is 11.3 Å². The van der Waals surface area contributed by atoms with Gasteiger partial charge in [-0.3, -0.25) is 0 Å². The Bertz CT molecular complexity index is 255. The topological polar surface area (TPSA) is 51.8 Å². The van der Waals surface area contributed by atoms with Gasteiger partial charge in [0.05, 0.1) is 17.6 Å². The number of hydrogen-bond donors (Lipinski definition) is 1. The third-order valence-corrected chi connectivity index (χ3v) is 1.14. The Morgan fingerprint density at radius 3 is 2.80 bits per heavy atom. The fourth-order valence-electron chi connectivity index (χ4n) is 0.697. The quantitative estimate of drug-likeness (QED) is 0.627. The molecule has 0 bridgehead atoms. The van der Waals surface area contributed by atoms with Crippen molar-refractivity contribution in [1.29, 1.82) is 0 Å². The zero-order valence-electron chi connectivity index (χ0n) is 5.83. The maximum Gasteiger partial charge on any atom is 0.116 e. The first-order chi connectivity index (χ1) is 4.72. The van der Waals surface area contributed by atoms with E-state index in [0.29, 0.717) is 5.69 Å². The molecule has 10 heavy (non-hydrogen) atoms. The Morgan fingerprint density at radius 2 is 2.40 bits per heavy atom. The van der Waals surface area contributed by atoms with Crippen LogP contribution >= 0.6 is 0 Å². The standard InChI is InChI=1S/C7H9N3/c1-5(2)7-6(8)3-9-4-10-7/h3-4H,1,8H2,2H3. The Kier molecular flexibility index (Phi) is 1.67. The first-order valence-electron chi connectivity index (χ1n) is 2.93. The molecule has 0 saturated carbocycles. The Balaban J connectivity index is 3.15. The highest BCUT2D eigenvalue weighted by molar-refractivity contribution is 5.67. The van der Waals surface area contributed by atoms with E-state index in [2.05, 4.69) is 16.5 Å². The van der Waals surface area contributed by atoms with Crippen LogP contribution < -0.4 is 5.73 Å². The van der Waals surface area contributed by atoms with Crippen LogP contribution in [0.25, 0.3) is 5.57 Å². The molecule has 0 aliphatic heterocycles. The predicted octanol–water partition coefficient (Wildman–Crippen LogP) is 1.09. The van der Waals surface area contributed by atoms with Crippen LogP contribution in [0.1, 0.15) is 12.6 Å². The van der Waals surface area contributed by atoms with Gasteiger partial charge >= 0.3 is 0 Å². The normalized spacial score (nSPS) is 9.30. The molecule has 2 N–H and O–H groups in total. The summed E-state index contributed by atoms with van der Waals surface area (Å²) in [6.45, 7) is 5.58. The van der Waals surface area contributed by atoms with Gasteiger partial charge < -0.3 is 5.73 Å². The van der Waals surface area contributed by atoms with Gasteiger partial charge in [-0.25, -0.2) is 9.97 Å². The molecule has 0 aromatic carbocycles. The lowest BCUT2D eigenvalue weighted by Gasteiger charge is -1.99. The summed E-state index contributed by atoms with van der Waals surface area (Å²) in [4.78, 5) is 7.69. The minimum Gasteiger partial charge on any atom is -0.396 e. The van der Waals surface area contributed by atoms with Crippen LogP contribution in [0.5, 0.6) is 0 Å². The lowest BCUT2D eigenvalue weighted by Crippen LogP contribution is -1.95. The highest BCUT2D eigenvalue weighted by Gasteiger charge is 1.97. The molecular formula is C7H9N3. The summed E-state index contributed by atoms with van der Waals surface area (Å²) in [6.07, 6.45) is 3.03. The number of hydrogen-bond acceptors (Lipinski definition) is 3. The van der Waals surface area contributed by atoms with Gasteiger partial charge in [0.25, 0.3) is 0 Å². The third kappa shape index (κ3) is 1.13. The molecule has 1 rings (SSSR count). The maximum atomic E-state index is 5.54. The molecule has 3 nitrogen and oxygen atoms in total. The van der Waals surface area contributed by atoms with Crippen LogP contribution in [0.2, 0.25) is 0 Å². The van der Waals surface area contributed by atoms with E-state index in [0.717, 1.165) is 11.3 Å². The van der Waals surface area contributed by atoms with E-state index in [-0.39, 0.29) is 0 Å². The van der Waals surface area contributed by atoms with E-state index in [1.165, 1.54) is 6.33 Å². The summed E-state index contributed by atoms with van der Waals surface area (Å²) < 4.78 is 0. The first-order valence-corrected chi connectivity index (χ1v) is 2.93.